The molecule has 0 atom stereocenters. The monoisotopic (exact) mass is 689 g/mol. The molecule has 254 valence electrons. The maximum atomic E-state index is 5.03. The van der Waals surface area contributed by atoms with Crippen molar-refractivity contribution in [1.29, 1.82) is 0 Å². The molecule has 9 rings (SSSR count). The highest BCUT2D eigenvalue weighted by Gasteiger charge is 2.12. The molecule has 0 amide bonds. The first-order valence-electron chi connectivity index (χ1n) is 18.1. The molecule has 3 heteroatoms. The Bertz CT molecular complexity index is 2600. The molecule has 0 saturated heterocycles. The molecule has 0 radical (unpaired) electrons. The van der Waals surface area contributed by atoms with Gasteiger partial charge in [0, 0.05) is 35.9 Å². The third kappa shape index (κ3) is 6.99. The predicted octanol–water partition coefficient (Wildman–Crippen LogP) is 13.2. The van der Waals surface area contributed by atoms with Crippen molar-refractivity contribution in [1.82, 2.24) is 15.0 Å². The van der Waals surface area contributed by atoms with E-state index < -0.39 is 0 Å². The third-order valence-electron chi connectivity index (χ3n) is 9.89. The lowest BCUT2D eigenvalue weighted by Gasteiger charge is -2.14. The molecule has 6 aromatic carbocycles. The maximum absolute atomic E-state index is 5.03. The normalized spacial score (nSPS) is 11.0. The minimum atomic E-state index is 0.902. The van der Waals surface area contributed by atoms with Crippen molar-refractivity contribution < 1.29 is 0 Å². The van der Waals surface area contributed by atoms with Gasteiger partial charge in [0.2, 0.25) is 0 Å². The minimum Gasteiger partial charge on any atom is -0.265 e. The van der Waals surface area contributed by atoms with Gasteiger partial charge in [-0.3, -0.25) is 9.97 Å². The first-order valence-corrected chi connectivity index (χ1v) is 18.1. The van der Waals surface area contributed by atoms with E-state index in [1.807, 2.05) is 49.1 Å². The number of hydrogen-bond donors (Lipinski definition) is 0. The van der Waals surface area contributed by atoms with Crippen LogP contribution in [0, 0.1) is 0 Å². The Kier molecular flexibility index (Phi) is 8.94. The summed E-state index contributed by atoms with van der Waals surface area (Å²) in [5, 5.41) is 0. The van der Waals surface area contributed by atoms with Gasteiger partial charge < -0.3 is 0 Å². The third-order valence-corrected chi connectivity index (χ3v) is 9.89. The summed E-state index contributed by atoms with van der Waals surface area (Å²) in [6, 6.07) is 67.0. The number of nitrogens with zero attached hydrogens (tertiary/aromatic N) is 3. The second kappa shape index (κ2) is 14.8. The Hall–Kier alpha value is -7.23. The number of benzene rings is 6. The van der Waals surface area contributed by atoms with E-state index in [1.165, 1.54) is 44.5 Å². The molecule has 3 aromatic heterocycles. The van der Waals surface area contributed by atoms with Crippen LogP contribution in [0.4, 0.5) is 0 Å². The second-order valence-corrected chi connectivity index (χ2v) is 13.4. The Balaban J connectivity index is 1.12. The largest absolute Gasteiger partial charge is 0.265 e. The van der Waals surface area contributed by atoms with E-state index in [1.54, 1.807) is 0 Å². The zero-order valence-corrected chi connectivity index (χ0v) is 29.5. The van der Waals surface area contributed by atoms with E-state index in [0.717, 1.165) is 44.8 Å². The standard InChI is InChI=1S/C51H35N3/c1-3-8-36(9-4-1)38-14-16-39(17-15-38)46-31-47(33-48(32-46)45-13-7-12-44(30-45)37-10-5-2-6-11-37)40-18-20-41(21-19-40)49-34-50(42-22-26-52-27-23-42)54-51(35-49)43-24-28-53-29-25-43/h1-35H. The Morgan fingerprint density at radius 1 is 0.204 bits per heavy atom. The summed E-state index contributed by atoms with van der Waals surface area (Å²) in [6.07, 6.45) is 7.23. The first kappa shape index (κ1) is 32.7. The lowest BCUT2D eigenvalue weighted by molar-refractivity contribution is 1.27. The van der Waals surface area contributed by atoms with Crippen LogP contribution < -0.4 is 0 Å². The number of rotatable bonds is 8. The van der Waals surface area contributed by atoms with Crippen LogP contribution in [0.2, 0.25) is 0 Å². The van der Waals surface area contributed by atoms with Gasteiger partial charge in [0.05, 0.1) is 11.4 Å². The molecular weight excluding hydrogens is 655 g/mol. The molecule has 0 aliphatic heterocycles. The van der Waals surface area contributed by atoms with E-state index in [9.17, 15) is 0 Å². The molecule has 0 unspecified atom stereocenters. The highest BCUT2D eigenvalue weighted by Crippen LogP contribution is 2.37. The molecular formula is C51H35N3. The van der Waals surface area contributed by atoms with Crippen LogP contribution in [0.3, 0.4) is 0 Å². The summed E-state index contributed by atoms with van der Waals surface area (Å²) in [5.74, 6) is 0. The smallest absolute Gasteiger partial charge is 0.0716 e. The van der Waals surface area contributed by atoms with E-state index in [-0.39, 0.29) is 0 Å². The molecule has 9 aromatic rings. The summed E-state index contributed by atoms with van der Waals surface area (Å²) in [7, 11) is 0. The molecule has 0 aliphatic rings. The molecule has 0 aliphatic carbocycles. The summed E-state index contributed by atoms with van der Waals surface area (Å²) in [4.78, 5) is 13.5. The summed E-state index contributed by atoms with van der Waals surface area (Å²) >= 11 is 0. The molecule has 0 saturated carbocycles. The highest BCUT2D eigenvalue weighted by atomic mass is 14.7. The molecule has 3 nitrogen and oxygen atoms in total. The number of aromatic nitrogens is 3. The van der Waals surface area contributed by atoms with E-state index in [2.05, 4.69) is 174 Å². The Morgan fingerprint density at radius 3 is 0.944 bits per heavy atom. The zero-order chi connectivity index (χ0) is 36.1. The van der Waals surface area contributed by atoms with Crippen LogP contribution >= 0.6 is 0 Å². The molecule has 54 heavy (non-hydrogen) atoms. The van der Waals surface area contributed by atoms with Crippen molar-refractivity contribution in [3.05, 3.63) is 213 Å². The van der Waals surface area contributed by atoms with Crippen LogP contribution in [0.15, 0.2) is 213 Å². The maximum Gasteiger partial charge on any atom is 0.0716 e. The Labute approximate surface area is 316 Å². The van der Waals surface area contributed by atoms with Crippen molar-refractivity contribution in [3.63, 3.8) is 0 Å². The molecule has 0 fully saturated rings. The zero-order valence-electron chi connectivity index (χ0n) is 29.5. The van der Waals surface area contributed by atoms with Crippen molar-refractivity contribution in [2.45, 2.75) is 0 Å². The van der Waals surface area contributed by atoms with Gasteiger partial charge in [0.15, 0.2) is 0 Å². The Morgan fingerprint density at radius 2 is 0.500 bits per heavy atom. The SMILES string of the molecule is c1ccc(-c2ccc(-c3cc(-c4ccc(-c5cc(-c6ccncc6)nc(-c6ccncc6)c5)cc4)cc(-c4cccc(-c5ccccc5)c4)c3)cc2)cc1. The van der Waals surface area contributed by atoms with E-state index in [4.69, 9.17) is 4.98 Å². The summed E-state index contributed by atoms with van der Waals surface area (Å²) in [6.45, 7) is 0. The quantitative estimate of drug-likeness (QED) is 0.159. The van der Waals surface area contributed by atoms with Gasteiger partial charge >= 0.3 is 0 Å². The summed E-state index contributed by atoms with van der Waals surface area (Å²) in [5.41, 5.74) is 17.9. The van der Waals surface area contributed by atoms with Crippen molar-refractivity contribution in [3.8, 4) is 89.3 Å². The molecule has 0 spiro atoms. The van der Waals surface area contributed by atoms with Crippen LogP contribution in [0.1, 0.15) is 0 Å². The average Bonchev–Trinajstić information content (AvgIpc) is 3.27. The fourth-order valence-corrected chi connectivity index (χ4v) is 7.02. The van der Waals surface area contributed by atoms with Crippen LogP contribution in [-0.4, -0.2) is 15.0 Å². The molecule has 0 N–H and O–H groups in total. The first-order chi connectivity index (χ1) is 26.7. The van der Waals surface area contributed by atoms with Gasteiger partial charge in [0.25, 0.3) is 0 Å². The number of pyridine rings is 3. The van der Waals surface area contributed by atoms with Gasteiger partial charge in [-0.25, -0.2) is 4.98 Å². The summed E-state index contributed by atoms with van der Waals surface area (Å²) < 4.78 is 0. The lowest BCUT2D eigenvalue weighted by atomic mass is 9.91. The van der Waals surface area contributed by atoms with Crippen molar-refractivity contribution in [2.24, 2.45) is 0 Å². The second-order valence-electron chi connectivity index (χ2n) is 13.4. The van der Waals surface area contributed by atoms with Crippen LogP contribution in [0.5, 0.6) is 0 Å². The minimum absolute atomic E-state index is 0.902. The van der Waals surface area contributed by atoms with Crippen molar-refractivity contribution in [2.75, 3.05) is 0 Å². The van der Waals surface area contributed by atoms with Gasteiger partial charge in [-0.05, 0) is 127 Å². The predicted molar refractivity (Wildman–Crippen MR) is 223 cm³/mol. The van der Waals surface area contributed by atoms with Crippen LogP contribution in [-0.2, 0) is 0 Å². The lowest BCUT2D eigenvalue weighted by Crippen LogP contribution is -1.92. The number of hydrogen-bond acceptors (Lipinski definition) is 3. The topological polar surface area (TPSA) is 38.7 Å². The highest BCUT2D eigenvalue weighted by molar-refractivity contribution is 5.85. The van der Waals surface area contributed by atoms with Crippen LogP contribution in [0.25, 0.3) is 89.3 Å². The van der Waals surface area contributed by atoms with Gasteiger partial charge in [-0.2, -0.15) is 0 Å². The van der Waals surface area contributed by atoms with Crippen molar-refractivity contribution >= 4 is 0 Å². The van der Waals surface area contributed by atoms with Gasteiger partial charge in [0.1, 0.15) is 0 Å². The fourth-order valence-electron chi connectivity index (χ4n) is 7.02. The van der Waals surface area contributed by atoms with Gasteiger partial charge in [-0.15, -0.1) is 0 Å². The van der Waals surface area contributed by atoms with Gasteiger partial charge in [-0.1, -0.05) is 127 Å². The van der Waals surface area contributed by atoms with E-state index >= 15 is 0 Å². The molecule has 0 bridgehead atoms. The average molecular weight is 690 g/mol. The van der Waals surface area contributed by atoms with E-state index in [0.29, 0.717) is 0 Å². The fraction of sp³-hybridized carbons (Fsp3) is 0. The molecule has 3 heterocycles.